The fourth-order valence-electron chi connectivity index (χ4n) is 12.4. The van der Waals surface area contributed by atoms with Crippen LogP contribution >= 0.6 is 0 Å². The van der Waals surface area contributed by atoms with E-state index in [0.29, 0.717) is 13.2 Å². The van der Waals surface area contributed by atoms with E-state index in [9.17, 15) is 0 Å². The first-order valence-corrected chi connectivity index (χ1v) is 25.4. The molecule has 2 aliphatic rings. The van der Waals surface area contributed by atoms with Crippen molar-refractivity contribution in [3.63, 3.8) is 0 Å². The molecule has 0 heterocycles. The Labute approximate surface area is 431 Å². The third kappa shape index (κ3) is 6.87. The Morgan fingerprint density at radius 3 is 0.932 bits per heavy atom. The van der Waals surface area contributed by atoms with E-state index in [0.717, 1.165) is 66.1 Å². The van der Waals surface area contributed by atoms with Gasteiger partial charge in [-0.25, -0.2) is 0 Å². The summed E-state index contributed by atoms with van der Waals surface area (Å²) < 4.78 is 23.8. The van der Waals surface area contributed by atoms with Crippen molar-refractivity contribution < 1.29 is 18.9 Å². The Hall–Kier alpha value is -9.22. The zero-order chi connectivity index (χ0) is 50.0. The second-order valence-electron chi connectivity index (χ2n) is 19.3. The lowest BCUT2D eigenvalue weighted by Crippen LogP contribution is -2.30. The maximum atomic E-state index is 5.99. The highest BCUT2D eigenvalue weighted by Gasteiger charge is 2.51. The van der Waals surface area contributed by atoms with Crippen LogP contribution < -0.4 is 18.9 Å². The van der Waals surface area contributed by atoms with Gasteiger partial charge in [0.2, 0.25) is 0 Å². The molecule has 354 valence electrons. The van der Waals surface area contributed by atoms with Gasteiger partial charge in [-0.2, -0.15) is 0 Å². The number of fused-ring (bicyclic) bond motifs is 10. The third-order valence-corrected chi connectivity index (χ3v) is 15.5. The predicted molar refractivity (Wildman–Crippen MR) is 302 cm³/mol. The Bertz CT molecular complexity index is 3980. The molecule has 11 aromatic carbocycles. The molecule has 13 rings (SSSR count). The first-order valence-electron chi connectivity index (χ1n) is 25.4. The molecule has 0 unspecified atom stereocenters. The molecule has 0 aromatic heterocycles. The van der Waals surface area contributed by atoms with E-state index in [1.165, 1.54) is 66.8 Å². The number of ether oxygens (including phenoxy) is 4. The van der Waals surface area contributed by atoms with Gasteiger partial charge >= 0.3 is 0 Å². The van der Waals surface area contributed by atoms with Gasteiger partial charge in [0.25, 0.3) is 0 Å². The fraction of sp³-hybridized carbons (Fsp3) is 0.114. The first-order chi connectivity index (χ1) is 36.4. The van der Waals surface area contributed by atoms with Crippen molar-refractivity contribution in [2.45, 2.75) is 24.7 Å². The SMILES string of the molecule is C#CCOc1ccc2cc(C3(c4ccc5cc(OCC#C)ccc5c4)c4ccccc4-c4cc5c(cc43)-c3ccccc3C5(c3ccc4cc(OCC)ccc4c3)c3ccc4cc(OCC)ccc4c3)ccc2c1. The van der Waals surface area contributed by atoms with Crippen molar-refractivity contribution in [3.8, 4) is 69.9 Å². The van der Waals surface area contributed by atoms with Crippen LogP contribution in [0.2, 0.25) is 0 Å². The van der Waals surface area contributed by atoms with Gasteiger partial charge in [0.05, 0.1) is 24.0 Å². The lowest BCUT2D eigenvalue weighted by Gasteiger charge is -2.36. The number of rotatable bonds is 12. The van der Waals surface area contributed by atoms with Crippen LogP contribution in [-0.2, 0) is 10.8 Å². The molecule has 2 aliphatic carbocycles. The van der Waals surface area contributed by atoms with Crippen LogP contribution in [0.1, 0.15) is 58.4 Å². The topological polar surface area (TPSA) is 36.9 Å². The van der Waals surface area contributed by atoms with E-state index in [2.05, 4.69) is 206 Å². The monoisotopic (exact) mass is 954 g/mol. The average molecular weight is 955 g/mol. The summed E-state index contributed by atoms with van der Waals surface area (Å²) in [6, 6.07) is 76.4. The molecule has 0 bridgehead atoms. The van der Waals surface area contributed by atoms with Crippen molar-refractivity contribution in [2.24, 2.45) is 0 Å². The summed E-state index contributed by atoms with van der Waals surface area (Å²) in [4.78, 5) is 0. The maximum Gasteiger partial charge on any atom is 0.148 e. The number of hydrogen-bond acceptors (Lipinski definition) is 4. The molecule has 0 saturated carbocycles. The normalized spacial score (nSPS) is 13.4. The largest absolute Gasteiger partial charge is 0.494 e. The highest BCUT2D eigenvalue weighted by Crippen LogP contribution is 2.63. The lowest BCUT2D eigenvalue weighted by atomic mass is 9.65. The van der Waals surface area contributed by atoms with Crippen LogP contribution in [0.25, 0.3) is 65.3 Å². The first kappa shape index (κ1) is 44.7. The van der Waals surface area contributed by atoms with Crippen LogP contribution in [0.15, 0.2) is 206 Å². The van der Waals surface area contributed by atoms with E-state index in [4.69, 9.17) is 31.8 Å². The lowest BCUT2D eigenvalue weighted by molar-refractivity contribution is 0.340. The Balaban J connectivity index is 1.11. The minimum absolute atomic E-state index is 0.209. The van der Waals surface area contributed by atoms with Crippen molar-refractivity contribution in [2.75, 3.05) is 26.4 Å². The molecule has 4 nitrogen and oxygen atoms in total. The Morgan fingerprint density at radius 1 is 0.311 bits per heavy atom. The molecule has 11 aromatic rings. The maximum absolute atomic E-state index is 5.99. The standard InChI is InChI=1S/C70H50O4/c1-5-33-73-59-31-23-47-37-55(27-19-51(47)41-59)70(56-28-20-52-42-60(74-34-6-2)32-24-48(52)38-56)66-16-12-10-14-62(66)64-43-67-63(44-68(64)70)61-13-9-11-15-65(61)69(67,53-25-17-49-39-57(71-7-3)29-21-45(49)35-53)54-26-18-50-40-58(72-8-4)30-22-46(50)36-54/h1-2,9-32,35-44H,7-8,33-34H2,3-4H3. The van der Waals surface area contributed by atoms with E-state index < -0.39 is 10.8 Å². The van der Waals surface area contributed by atoms with Crippen molar-refractivity contribution in [1.29, 1.82) is 0 Å². The van der Waals surface area contributed by atoms with Crippen LogP contribution in [0.3, 0.4) is 0 Å². The van der Waals surface area contributed by atoms with Crippen molar-refractivity contribution in [3.05, 3.63) is 251 Å². The Kier molecular flexibility index (Phi) is 10.8. The van der Waals surface area contributed by atoms with Gasteiger partial charge < -0.3 is 18.9 Å². The van der Waals surface area contributed by atoms with Gasteiger partial charge in [-0.3, -0.25) is 0 Å². The second-order valence-corrected chi connectivity index (χ2v) is 19.3. The molecule has 0 amide bonds. The van der Waals surface area contributed by atoms with Gasteiger partial charge in [0.1, 0.15) is 36.2 Å². The summed E-state index contributed by atoms with van der Waals surface area (Å²) in [7, 11) is 0. The molecule has 0 saturated heterocycles. The highest BCUT2D eigenvalue weighted by molar-refractivity contribution is 5.98. The molecule has 74 heavy (non-hydrogen) atoms. The quantitative estimate of drug-likeness (QED) is 0.114. The molecule has 4 heteroatoms. The highest BCUT2D eigenvalue weighted by atomic mass is 16.5. The summed E-state index contributed by atoms with van der Waals surface area (Å²) >= 11 is 0. The minimum Gasteiger partial charge on any atom is -0.494 e. The molecule has 0 N–H and O–H groups in total. The molecular weight excluding hydrogens is 905 g/mol. The molecule has 0 aliphatic heterocycles. The summed E-state index contributed by atoms with van der Waals surface area (Å²) in [6.45, 7) is 5.69. The number of benzene rings is 11. The van der Waals surface area contributed by atoms with E-state index in [1.807, 2.05) is 26.0 Å². The Morgan fingerprint density at radius 2 is 0.608 bits per heavy atom. The average Bonchev–Trinajstić information content (AvgIpc) is 3.92. The summed E-state index contributed by atoms with van der Waals surface area (Å²) in [6.07, 6.45) is 11.2. The fourth-order valence-corrected chi connectivity index (χ4v) is 12.4. The van der Waals surface area contributed by atoms with Crippen LogP contribution in [0.5, 0.6) is 23.0 Å². The minimum atomic E-state index is -0.733. The van der Waals surface area contributed by atoms with Crippen molar-refractivity contribution in [1.82, 2.24) is 0 Å². The summed E-state index contributed by atoms with van der Waals surface area (Å²) in [5.41, 5.74) is 13.1. The zero-order valence-corrected chi connectivity index (χ0v) is 41.2. The van der Waals surface area contributed by atoms with Crippen molar-refractivity contribution >= 4 is 43.1 Å². The smallest absolute Gasteiger partial charge is 0.148 e. The van der Waals surface area contributed by atoms with Gasteiger partial charge in [-0.1, -0.05) is 133 Å². The van der Waals surface area contributed by atoms with Crippen LogP contribution in [0, 0.1) is 24.7 Å². The number of hydrogen-bond donors (Lipinski definition) is 0. The van der Waals surface area contributed by atoms with E-state index in [1.54, 1.807) is 0 Å². The predicted octanol–water partition coefficient (Wildman–Crippen LogP) is 15.8. The van der Waals surface area contributed by atoms with Crippen LogP contribution in [0.4, 0.5) is 0 Å². The molecule has 0 atom stereocenters. The van der Waals surface area contributed by atoms with Gasteiger partial charge in [-0.05, 0) is 209 Å². The zero-order valence-electron chi connectivity index (χ0n) is 41.2. The van der Waals surface area contributed by atoms with Gasteiger partial charge in [0.15, 0.2) is 0 Å². The molecular formula is C70H50O4. The van der Waals surface area contributed by atoms with Gasteiger partial charge in [0, 0.05) is 0 Å². The summed E-state index contributed by atoms with van der Waals surface area (Å²) in [5.74, 6) is 8.44. The molecule has 0 spiro atoms. The molecule has 0 radical (unpaired) electrons. The van der Waals surface area contributed by atoms with Crippen LogP contribution in [-0.4, -0.2) is 26.4 Å². The summed E-state index contributed by atoms with van der Waals surface area (Å²) in [5, 5.41) is 8.94. The second kappa shape index (κ2) is 17.8. The number of terminal acetylenes is 2. The third-order valence-electron chi connectivity index (χ3n) is 15.5. The van der Waals surface area contributed by atoms with E-state index in [-0.39, 0.29) is 13.2 Å². The molecule has 0 fully saturated rings. The van der Waals surface area contributed by atoms with Gasteiger partial charge in [-0.15, -0.1) is 12.8 Å². The van der Waals surface area contributed by atoms with E-state index >= 15 is 0 Å².